The first-order valence-electron chi connectivity index (χ1n) is 5.23. The van der Waals surface area contributed by atoms with Crippen molar-refractivity contribution in [3.8, 4) is 0 Å². The summed E-state index contributed by atoms with van der Waals surface area (Å²) in [5.41, 5.74) is -0.580. The minimum Gasteiger partial charge on any atom is -0.465 e. The van der Waals surface area contributed by atoms with Gasteiger partial charge in [-0.3, -0.25) is 4.90 Å². The molecule has 0 saturated heterocycles. The number of hydrogen-bond donors (Lipinski definition) is 1. The van der Waals surface area contributed by atoms with Crippen molar-refractivity contribution in [1.29, 1.82) is 0 Å². The fourth-order valence-electron chi connectivity index (χ4n) is 1.69. The van der Waals surface area contributed by atoms with Gasteiger partial charge in [0.2, 0.25) is 0 Å². The molecule has 1 rings (SSSR count). The summed E-state index contributed by atoms with van der Waals surface area (Å²) in [6.07, 6.45) is 1.00. The second-order valence-corrected chi connectivity index (χ2v) is 4.76. The highest BCUT2D eigenvalue weighted by Gasteiger charge is 2.32. The molecular weight excluding hydrogens is 225 g/mol. The van der Waals surface area contributed by atoms with Crippen LogP contribution in [0.5, 0.6) is 0 Å². The van der Waals surface area contributed by atoms with Crippen molar-refractivity contribution in [2.75, 3.05) is 0 Å². The predicted octanol–water partition coefficient (Wildman–Crippen LogP) is 2.46. The van der Waals surface area contributed by atoms with Crippen molar-refractivity contribution in [2.24, 2.45) is 0 Å². The first-order valence-corrected chi connectivity index (χ1v) is 5.23. The number of carbonyl (C=O) groups is 1. The Morgan fingerprint density at radius 2 is 1.88 bits per heavy atom. The van der Waals surface area contributed by atoms with E-state index in [0.717, 1.165) is 12.4 Å². The van der Waals surface area contributed by atoms with E-state index in [2.05, 4.69) is 9.97 Å². The first kappa shape index (κ1) is 13.3. The van der Waals surface area contributed by atoms with E-state index in [4.69, 9.17) is 0 Å². The summed E-state index contributed by atoms with van der Waals surface area (Å²) < 4.78 is 12.7. The van der Waals surface area contributed by atoms with Crippen molar-refractivity contribution >= 4 is 6.09 Å². The van der Waals surface area contributed by atoms with Gasteiger partial charge >= 0.3 is 6.09 Å². The van der Waals surface area contributed by atoms with E-state index in [-0.39, 0.29) is 5.82 Å². The fourth-order valence-corrected chi connectivity index (χ4v) is 1.69. The van der Waals surface area contributed by atoms with Crippen LogP contribution in [0.4, 0.5) is 9.18 Å². The zero-order valence-corrected chi connectivity index (χ0v) is 10.3. The Hall–Kier alpha value is -1.72. The van der Waals surface area contributed by atoms with Gasteiger partial charge in [-0.25, -0.2) is 19.2 Å². The van der Waals surface area contributed by atoms with Crippen LogP contribution < -0.4 is 0 Å². The van der Waals surface area contributed by atoms with Gasteiger partial charge in [-0.15, -0.1) is 0 Å². The molecule has 0 bridgehead atoms. The van der Waals surface area contributed by atoms with Gasteiger partial charge in [-0.05, 0) is 27.7 Å². The Labute approximate surface area is 99.3 Å². The van der Waals surface area contributed by atoms with Crippen molar-refractivity contribution in [1.82, 2.24) is 14.9 Å². The van der Waals surface area contributed by atoms with Gasteiger partial charge in [0, 0.05) is 5.54 Å². The lowest BCUT2D eigenvalue weighted by Crippen LogP contribution is -2.46. The van der Waals surface area contributed by atoms with Crippen LogP contribution in [-0.4, -0.2) is 31.6 Å². The van der Waals surface area contributed by atoms with Gasteiger partial charge in [-0.2, -0.15) is 0 Å². The molecule has 1 atom stereocenters. The molecule has 1 amide bonds. The molecule has 1 heterocycles. The predicted molar refractivity (Wildman–Crippen MR) is 60.0 cm³/mol. The number of amides is 1. The fraction of sp³-hybridized carbons (Fsp3) is 0.545. The molecule has 17 heavy (non-hydrogen) atoms. The zero-order chi connectivity index (χ0) is 13.2. The highest BCUT2D eigenvalue weighted by molar-refractivity contribution is 5.66. The van der Waals surface area contributed by atoms with Crippen LogP contribution in [0.1, 0.15) is 39.6 Å². The molecule has 1 aromatic rings. The standard InChI is InChI=1S/C11H16FN3O2/c1-7(9-13-5-8(12)6-14-9)15(10(16)17)11(2,3)4/h5-7H,1-4H3,(H,16,17). The molecule has 0 aromatic carbocycles. The summed E-state index contributed by atoms with van der Waals surface area (Å²) in [6, 6.07) is -0.534. The van der Waals surface area contributed by atoms with Crippen LogP contribution in [0.2, 0.25) is 0 Å². The molecule has 0 saturated carbocycles. The maximum atomic E-state index is 12.7. The maximum absolute atomic E-state index is 12.7. The van der Waals surface area contributed by atoms with E-state index in [1.54, 1.807) is 27.7 Å². The van der Waals surface area contributed by atoms with E-state index >= 15 is 0 Å². The minimum atomic E-state index is -1.06. The summed E-state index contributed by atoms with van der Waals surface area (Å²) in [7, 11) is 0. The highest BCUT2D eigenvalue weighted by atomic mass is 19.1. The second-order valence-electron chi connectivity index (χ2n) is 4.76. The van der Waals surface area contributed by atoms with Gasteiger partial charge in [0.1, 0.15) is 0 Å². The van der Waals surface area contributed by atoms with E-state index in [1.165, 1.54) is 4.90 Å². The molecule has 0 aliphatic rings. The highest BCUT2D eigenvalue weighted by Crippen LogP contribution is 2.25. The SMILES string of the molecule is CC(c1ncc(F)cn1)N(C(=O)O)C(C)(C)C. The molecule has 5 nitrogen and oxygen atoms in total. The smallest absolute Gasteiger partial charge is 0.408 e. The lowest BCUT2D eigenvalue weighted by molar-refractivity contribution is 0.0726. The molecule has 94 valence electrons. The van der Waals surface area contributed by atoms with Gasteiger partial charge in [0.15, 0.2) is 11.6 Å². The van der Waals surface area contributed by atoms with Crippen LogP contribution in [0.15, 0.2) is 12.4 Å². The van der Waals surface area contributed by atoms with E-state index in [0.29, 0.717) is 0 Å². The molecule has 0 fully saturated rings. The largest absolute Gasteiger partial charge is 0.465 e. The zero-order valence-electron chi connectivity index (χ0n) is 10.3. The van der Waals surface area contributed by atoms with E-state index < -0.39 is 23.5 Å². The molecule has 1 unspecified atom stereocenters. The number of halogens is 1. The molecule has 0 spiro atoms. The summed E-state index contributed by atoms with van der Waals surface area (Å²) in [6.45, 7) is 7.01. The number of aromatic nitrogens is 2. The number of hydrogen-bond acceptors (Lipinski definition) is 3. The van der Waals surface area contributed by atoms with Crippen molar-refractivity contribution in [3.63, 3.8) is 0 Å². The maximum Gasteiger partial charge on any atom is 0.408 e. The second kappa shape index (κ2) is 4.65. The van der Waals surface area contributed by atoms with Gasteiger partial charge in [-0.1, -0.05) is 0 Å². The quantitative estimate of drug-likeness (QED) is 0.863. The molecule has 0 aliphatic carbocycles. The van der Waals surface area contributed by atoms with E-state index in [1.807, 2.05) is 0 Å². The summed E-state index contributed by atoms with van der Waals surface area (Å²) >= 11 is 0. The van der Waals surface area contributed by atoms with Gasteiger partial charge in [0.25, 0.3) is 0 Å². The first-order chi connectivity index (χ1) is 7.73. The summed E-state index contributed by atoms with van der Waals surface area (Å²) in [4.78, 5) is 20.1. The molecule has 0 aliphatic heterocycles. The van der Waals surface area contributed by atoms with Crippen molar-refractivity contribution < 1.29 is 14.3 Å². The van der Waals surface area contributed by atoms with Crippen LogP contribution in [0.3, 0.4) is 0 Å². The van der Waals surface area contributed by atoms with Crippen LogP contribution in [-0.2, 0) is 0 Å². The lowest BCUT2D eigenvalue weighted by Gasteiger charge is -2.37. The third-order valence-electron chi connectivity index (χ3n) is 2.33. The summed E-state index contributed by atoms with van der Waals surface area (Å²) in [5, 5.41) is 9.19. The lowest BCUT2D eigenvalue weighted by atomic mass is 10.0. The Kier molecular flexibility index (Phi) is 3.65. The third kappa shape index (κ3) is 3.12. The topological polar surface area (TPSA) is 66.3 Å². The van der Waals surface area contributed by atoms with Gasteiger partial charge in [0.05, 0.1) is 18.4 Å². The Bertz CT molecular complexity index is 400. The van der Waals surface area contributed by atoms with Crippen LogP contribution in [0, 0.1) is 5.82 Å². The number of rotatable bonds is 2. The summed E-state index contributed by atoms with van der Waals surface area (Å²) in [5.74, 6) is -0.262. The normalized spacial score (nSPS) is 13.2. The molecule has 6 heteroatoms. The average Bonchev–Trinajstić information content (AvgIpc) is 2.15. The van der Waals surface area contributed by atoms with Crippen LogP contribution >= 0.6 is 0 Å². The third-order valence-corrected chi connectivity index (χ3v) is 2.33. The molecular formula is C11H16FN3O2. The van der Waals surface area contributed by atoms with E-state index in [9.17, 15) is 14.3 Å². The molecule has 1 aromatic heterocycles. The molecule has 1 N–H and O–H groups in total. The van der Waals surface area contributed by atoms with Gasteiger partial charge < -0.3 is 5.11 Å². The number of carboxylic acid groups (broad SMARTS) is 1. The van der Waals surface area contributed by atoms with Crippen LogP contribution in [0.25, 0.3) is 0 Å². The molecule has 0 radical (unpaired) electrons. The Morgan fingerprint density at radius 1 is 1.41 bits per heavy atom. The monoisotopic (exact) mass is 241 g/mol. The minimum absolute atomic E-state index is 0.281. The average molecular weight is 241 g/mol. The Morgan fingerprint density at radius 3 is 2.24 bits per heavy atom. The number of nitrogens with zero attached hydrogens (tertiary/aromatic N) is 3. The Balaban J connectivity index is 3.04. The van der Waals surface area contributed by atoms with Crippen molar-refractivity contribution in [3.05, 3.63) is 24.0 Å². The van der Waals surface area contributed by atoms with Crippen molar-refractivity contribution in [2.45, 2.75) is 39.3 Å².